The van der Waals surface area contributed by atoms with Crippen molar-refractivity contribution in [1.82, 2.24) is 10.6 Å². The van der Waals surface area contributed by atoms with Gasteiger partial charge in [0.1, 0.15) is 6.04 Å². The van der Waals surface area contributed by atoms with Crippen molar-refractivity contribution in [3.63, 3.8) is 0 Å². The third-order valence-corrected chi connectivity index (χ3v) is 6.31. The van der Waals surface area contributed by atoms with E-state index in [4.69, 9.17) is 0 Å². The number of carbonyl (C=O) groups excluding carboxylic acids is 3. The Hall–Kier alpha value is -3.93. The lowest BCUT2D eigenvalue weighted by Gasteiger charge is -2.26. The van der Waals surface area contributed by atoms with E-state index in [1.54, 1.807) is 48.5 Å². The van der Waals surface area contributed by atoms with Gasteiger partial charge in [-0.05, 0) is 42.7 Å². The molecule has 0 radical (unpaired) electrons. The van der Waals surface area contributed by atoms with Gasteiger partial charge in [-0.15, -0.1) is 0 Å². The first-order valence-electron chi connectivity index (χ1n) is 12.2. The summed E-state index contributed by atoms with van der Waals surface area (Å²) >= 11 is 0. The molecule has 180 valence electrons. The molecular formula is C29H31N3O3. The molecule has 0 aliphatic heterocycles. The number of nitrogens with one attached hydrogen (secondary N) is 3. The lowest BCUT2D eigenvalue weighted by atomic mass is 9.95. The van der Waals surface area contributed by atoms with E-state index < -0.39 is 11.9 Å². The minimum absolute atomic E-state index is 0.142. The molecule has 0 bridgehead atoms. The fraction of sp³-hybridized carbons (Fsp3) is 0.276. The van der Waals surface area contributed by atoms with E-state index in [0.29, 0.717) is 23.2 Å². The van der Waals surface area contributed by atoms with Crippen molar-refractivity contribution in [2.75, 3.05) is 5.32 Å². The van der Waals surface area contributed by atoms with Gasteiger partial charge in [0.2, 0.25) is 5.91 Å². The van der Waals surface area contributed by atoms with Gasteiger partial charge >= 0.3 is 0 Å². The lowest BCUT2D eigenvalue weighted by molar-refractivity contribution is -0.123. The van der Waals surface area contributed by atoms with Gasteiger partial charge in [0.05, 0.1) is 11.3 Å². The van der Waals surface area contributed by atoms with Crippen LogP contribution in [-0.2, 0) is 11.2 Å². The number of hydrogen-bond acceptors (Lipinski definition) is 3. The molecule has 3 N–H and O–H groups in total. The zero-order chi connectivity index (χ0) is 24.5. The third kappa shape index (κ3) is 6.79. The maximum Gasteiger partial charge on any atom is 0.255 e. The van der Waals surface area contributed by atoms with E-state index in [-0.39, 0.29) is 17.9 Å². The van der Waals surface area contributed by atoms with Crippen molar-refractivity contribution in [1.29, 1.82) is 0 Å². The highest BCUT2D eigenvalue weighted by molar-refractivity contribution is 6.09. The number of amides is 3. The molecule has 6 nitrogen and oxygen atoms in total. The van der Waals surface area contributed by atoms with Crippen molar-refractivity contribution < 1.29 is 14.4 Å². The topological polar surface area (TPSA) is 87.3 Å². The zero-order valence-electron chi connectivity index (χ0n) is 19.7. The molecule has 1 atom stereocenters. The van der Waals surface area contributed by atoms with Gasteiger partial charge in [0.25, 0.3) is 11.8 Å². The quantitative estimate of drug-likeness (QED) is 0.446. The van der Waals surface area contributed by atoms with E-state index in [9.17, 15) is 14.4 Å². The second-order valence-corrected chi connectivity index (χ2v) is 8.93. The maximum atomic E-state index is 13.3. The van der Waals surface area contributed by atoms with Crippen LogP contribution in [0, 0.1) is 0 Å². The summed E-state index contributed by atoms with van der Waals surface area (Å²) in [4.78, 5) is 39.2. The Bertz CT molecular complexity index is 1140. The number of benzene rings is 3. The van der Waals surface area contributed by atoms with E-state index in [1.165, 1.54) is 6.42 Å². The molecule has 1 aliphatic carbocycles. The summed E-state index contributed by atoms with van der Waals surface area (Å²) in [7, 11) is 0. The minimum atomic E-state index is -0.732. The van der Waals surface area contributed by atoms with Crippen molar-refractivity contribution in [3.8, 4) is 0 Å². The summed E-state index contributed by atoms with van der Waals surface area (Å²) in [5.74, 6) is -0.893. The van der Waals surface area contributed by atoms with Crippen LogP contribution in [0.3, 0.4) is 0 Å². The fourth-order valence-corrected chi connectivity index (χ4v) is 4.42. The average molecular weight is 470 g/mol. The molecule has 0 aromatic heterocycles. The van der Waals surface area contributed by atoms with E-state index in [1.807, 2.05) is 36.4 Å². The van der Waals surface area contributed by atoms with Gasteiger partial charge < -0.3 is 16.0 Å². The SMILES string of the molecule is O=C(Nc1ccccc1C(=O)N[C@@H](Cc1ccccc1)C(=O)NC1CCCCC1)c1ccccc1. The molecule has 1 aliphatic rings. The average Bonchev–Trinajstić information content (AvgIpc) is 2.90. The minimum Gasteiger partial charge on any atom is -0.352 e. The summed E-state index contributed by atoms with van der Waals surface area (Å²) in [6, 6.07) is 24.7. The van der Waals surface area contributed by atoms with Crippen LogP contribution >= 0.6 is 0 Å². The van der Waals surface area contributed by atoms with E-state index in [0.717, 1.165) is 31.2 Å². The monoisotopic (exact) mass is 469 g/mol. The molecule has 35 heavy (non-hydrogen) atoms. The summed E-state index contributed by atoms with van der Waals surface area (Å²) < 4.78 is 0. The fourth-order valence-electron chi connectivity index (χ4n) is 4.42. The number of para-hydroxylation sites is 1. The van der Waals surface area contributed by atoms with E-state index >= 15 is 0 Å². The van der Waals surface area contributed by atoms with Crippen LogP contribution in [0.2, 0.25) is 0 Å². The molecule has 3 aromatic rings. The molecule has 0 saturated heterocycles. The third-order valence-electron chi connectivity index (χ3n) is 6.31. The van der Waals surface area contributed by atoms with Crippen LogP contribution in [0.5, 0.6) is 0 Å². The Morgan fingerprint density at radius 3 is 2.09 bits per heavy atom. The summed E-state index contributed by atoms with van der Waals surface area (Å²) in [6.45, 7) is 0. The summed E-state index contributed by atoms with van der Waals surface area (Å²) in [6.07, 6.45) is 5.72. The highest BCUT2D eigenvalue weighted by Crippen LogP contribution is 2.19. The molecule has 3 aromatic carbocycles. The first-order chi connectivity index (χ1) is 17.1. The van der Waals surface area contributed by atoms with Crippen LogP contribution in [-0.4, -0.2) is 29.8 Å². The molecule has 1 saturated carbocycles. The number of carbonyl (C=O) groups is 3. The van der Waals surface area contributed by atoms with Crippen LogP contribution in [0.1, 0.15) is 58.4 Å². The molecule has 3 amide bonds. The molecule has 0 unspecified atom stereocenters. The number of anilines is 1. The number of rotatable bonds is 8. The molecular weight excluding hydrogens is 438 g/mol. The van der Waals surface area contributed by atoms with Crippen LogP contribution in [0.15, 0.2) is 84.9 Å². The van der Waals surface area contributed by atoms with Crippen molar-refractivity contribution in [2.24, 2.45) is 0 Å². The first-order valence-corrected chi connectivity index (χ1v) is 12.2. The van der Waals surface area contributed by atoms with Crippen LogP contribution in [0.25, 0.3) is 0 Å². The van der Waals surface area contributed by atoms with Gasteiger partial charge in [-0.25, -0.2) is 0 Å². The largest absolute Gasteiger partial charge is 0.352 e. The maximum absolute atomic E-state index is 13.3. The van der Waals surface area contributed by atoms with Gasteiger partial charge in [-0.3, -0.25) is 14.4 Å². The van der Waals surface area contributed by atoms with Gasteiger partial charge in [0.15, 0.2) is 0 Å². The molecule has 0 spiro atoms. The Kier molecular flexibility index (Phi) is 8.28. The van der Waals surface area contributed by atoms with Gasteiger partial charge in [-0.1, -0.05) is 79.9 Å². The molecule has 6 heteroatoms. The Morgan fingerprint density at radius 2 is 1.37 bits per heavy atom. The van der Waals surface area contributed by atoms with Crippen molar-refractivity contribution in [3.05, 3.63) is 102 Å². The normalized spacial score (nSPS) is 14.5. The first kappa shape index (κ1) is 24.2. The van der Waals surface area contributed by atoms with Crippen LogP contribution < -0.4 is 16.0 Å². The standard InChI is InChI=1S/C29H31N3O3/c33-27(22-14-6-2-7-15-22)31-25-19-11-10-18-24(25)28(34)32-26(20-21-12-4-1-5-13-21)29(35)30-23-16-8-3-9-17-23/h1-2,4-7,10-15,18-19,23,26H,3,8-9,16-17,20H2,(H,30,35)(H,31,33)(H,32,34)/t26-/m0/s1. The molecule has 1 fully saturated rings. The summed E-state index contributed by atoms with van der Waals surface area (Å²) in [5.41, 5.74) is 2.16. The zero-order valence-corrected chi connectivity index (χ0v) is 19.7. The highest BCUT2D eigenvalue weighted by atomic mass is 16.2. The lowest BCUT2D eigenvalue weighted by Crippen LogP contribution is -2.51. The Labute approximate surface area is 206 Å². The predicted molar refractivity (Wildman–Crippen MR) is 137 cm³/mol. The smallest absolute Gasteiger partial charge is 0.255 e. The molecule has 4 rings (SSSR count). The van der Waals surface area contributed by atoms with Gasteiger partial charge in [-0.2, -0.15) is 0 Å². The number of hydrogen-bond donors (Lipinski definition) is 3. The van der Waals surface area contributed by atoms with Crippen molar-refractivity contribution >= 4 is 23.4 Å². The van der Waals surface area contributed by atoms with Crippen LogP contribution in [0.4, 0.5) is 5.69 Å². The Balaban J connectivity index is 1.51. The van der Waals surface area contributed by atoms with E-state index in [2.05, 4.69) is 16.0 Å². The second-order valence-electron chi connectivity index (χ2n) is 8.93. The van der Waals surface area contributed by atoms with Crippen molar-refractivity contribution in [2.45, 2.75) is 50.6 Å². The Morgan fingerprint density at radius 1 is 0.743 bits per heavy atom. The summed E-state index contributed by atoms with van der Waals surface area (Å²) in [5, 5.41) is 8.89. The molecule has 0 heterocycles. The second kappa shape index (κ2) is 12.0. The predicted octanol–water partition coefficient (Wildman–Crippen LogP) is 4.73. The van der Waals surface area contributed by atoms with Gasteiger partial charge in [0, 0.05) is 18.0 Å². The highest BCUT2D eigenvalue weighted by Gasteiger charge is 2.26.